The quantitative estimate of drug-likeness (QED) is 0.671. The highest BCUT2D eigenvalue weighted by Crippen LogP contribution is 2.36. The van der Waals surface area contributed by atoms with Crippen molar-refractivity contribution in [2.75, 3.05) is 13.7 Å². The number of carboxylic acid groups (broad SMARTS) is 1. The molecule has 0 aliphatic heterocycles. The number of allylic oxidation sites excluding steroid dienone is 1. The second kappa shape index (κ2) is 8.96. The summed E-state index contributed by atoms with van der Waals surface area (Å²) in [6.07, 6.45) is 3.97. The van der Waals surface area contributed by atoms with Gasteiger partial charge in [-0.05, 0) is 91.1 Å². The molecule has 148 valence electrons. The predicted octanol–water partition coefficient (Wildman–Crippen LogP) is 5.35. The maximum Gasteiger partial charge on any atom is 0.303 e. The number of hydrogen-bond acceptors (Lipinski definition) is 3. The van der Waals surface area contributed by atoms with Crippen LogP contribution in [0.5, 0.6) is 11.5 Å². The van der Waals surface area contributed by atoms with Crippen molar-refractivity contribution in [2.45, 2.75) is 46.0 Å². The SMILES string of the molecule is COc1cccc(C2=C(COc3ccc(CCC(=O)O)c(C)c3C)CCC2)c1. The van der Waals surface area contributed by atoms with E-state index in [2.05, 4.69) is 12.1 Å². The Morgan fingerprint density at radius 3 is 2.68 bits per heavy atom. The van der Waals surface area contributed by atoms with E-state index in [1.165, 1.54) is 16.7 Å². The van der Waals surface area contributed by atoms with Gasteiger partial charge < -0.3 is 14.6 Å². The van der Waals surface area contributed by atoms with Gasteiger partial charge in [-0.3, -0.25) is 4.79 Å². The van der Waals surface area contributed by atoms with E-state index >= 15 is 0 Å². The fraction of sp³-hybridized carbons (Fsp3) is 0.375. The molecule has 2 aromatic rings. The highest BCUT2D eigenvalue weighted by Gasteiger charge is 2.18. The molecule has 3 rings (SSSR count). The molecule has 0 atom stereocenters. The molecule has 0 unspecified atom stereocenters. The molecule has 0 fully saturated rings. The average molecular weight is 380 g/mol. The summed E-state index contributed by atoms with van der Waals surface area (Å²) in [5.74, 6) is 0.983. The Balaban J connectivity index is 1.75. The van der Waals surface area contributed by atoms with E-state index < -0.39 is 5.97 Å². The molecule has 1 aliphatic rings. The fourth-order valence-corrected chi connectivity index (χ4v) is 3.81. The van der Waals surface area contributed by atoms with Crippen LogP contribution < -0.4 is 9.47 Å². The Labute approximate surface area is 166 Å². The molecule has 0 amide bonds. The second-order valence-corrected chi connectivity index (χ2v) is 7.32. The van der Waals surface area contributed by atoms with Crippen LogP contribution in [0.4, 0.5) is 0 Å². The Morgan fingerprint density at radius 2 is 1.93 bits per heavy atom. The van der Waals surface area contributed by atoms with Crippen molar-refractivity contribution >= 4 is 11.5 Å². The molecule has 1 N–H and O–H groups in total. The van der Waals surface area contributed by atoms with Crippen molar-refractivity contribution in [1.29, 1.82) is 0 Å². The standard InChI is InChI=1S/C24H28O4/c1-16-17(2)23(12-10-18(16)11-13-24(25)26)28-15-20-7-5-9-22(20)19-6-4-8-21(14-19)27-3/h4,6,8,10,12,14H,5,7,9,11,13,15H2,1-3H3,(H,25,26). The number of aliphatic carboxylic acids is 1. The third-order valence-corrected chi connectivity index (χ3v) is 5.61. The Bertz CT molecular complexity index is 895. The van der Waals surface area contributed by atoms with Crippen molar-refractivity contribution in [3.63, 3.8) is 0 Å². The molecule has 0 heterocycles. The molecule has 4 heteroatoms. The molecule has 1 aliphatic carbocycles. The minimum absolute atomic E-state index is 0.150. The van der Waals surface area contributed by atoms with Crippen LogP contribution in [-0.2, 0) is 11.2 Å². The largest absolute Gasteiger partial charge is 0.497 e. The lowest BCUT2D eigenvalue weighted by Crippen LogP contribution is -2.05. The van der Waals surface area contributed by atoms with E-state index in [1.807, 2.05) is 38.1 Å². The van der Waals surface area contributed by atoms with Crippen LogP contribution in [0, 0.1) is 13.8 Å². The van der Waals surface area contributed by atoms with Gasteiger partial charge in [-0.15, -0.1) is 0 Å². The van der Waals surface area contributed by atoms with Gasteiger partial charge >= 0.3 is 5.97 Å². The topological polar surface area (TPSA) is 55.8 Å². The van der Waals surface area contributed by atoms with Gasteiger partial charge in [0.2, 0.25) is 0 Å². The van der Waals surface area contributed by atoms with Gasteiger partial charge in [0.25, 0.3) is 0 Å². The first-order valence-corrected chi connectivity index (χ1v) is 9.78. The molecular formula is C24H28O4. The van der Waals surface area contributed by atoms with Gasteiger partial charge in [0.05, 0.1) is 7.11 Å². The summed E-state index contributed by atoms with van der Waals surface area (Å²) in [7, 11) is 1.69. The van der Waals surface area contributed by atoms with Gasteiger partial charge in [0.15, 0.2) is 0 Å². The Kier molecular flexibility index (Phi) is 6.40. The molecule has 0 spiro atoms. The number of hydrogen-bond donors (Lipinski definition) is 1. The molecule has 0 saturated carbocycles. The lowest BCUT2D eigenvalue weighted by atomic mass is 9.99. The molecule has 0 radical (unpaired) electrons. The molecule has 0 saturated heterocycles. The zero-order valence-electron chi connectivity index (χ0n) is 16.9. The molecule has 4 nitrogen and oxygen atoms in total. The van der Waals surface area contributed by atoms with E-state index in [0.717, 1.165) is 47.5 Å². The zero-order chi connectivity index (χ0) is 20.1. The third-order valence-electron chi connectivity index (χ3n) is 5.61. The number of carboxylic acids is 1. The van der Waals surface area contributed by atoms with Crippen molar-refractivity contribution in [3.8, 4) is 11.5 Å². The van der Waals surface area contributed by atoms with Gasteiger partial charge in [-0.1, -0.05) is 18.2 Å². The molecule has 28 heavy (non-hydrogen) atoms. The highest BCUT2D eigenvalue weighted by molar-refractivity contribution is 5.71. The zero-order valence-corrected chi connectivity index (χ0v) is 16.9. The van der Waals surface area contributed by atoms with Crippen molar-refractivity contribution in [3.05, 3.63) is 64.2 Å². The Hall–Kier alpha value is -2.75. The summed E-state index contributed by atoms with van der Waals surface area (Å²) < 4.78 is 11.5. The van der Waals surface area contributed by atoms with Gasteiger partial charge in [-0.25, -0.2) is 0 Å². The molecular weight excluding hydrogens is 352 g/mol. The van der Waals surface area contributed by atoms with E-state index in [0.29, 0.717) is 13.0 Å². The van der Waals surface area contributed by atoms with E-state index in [-0.39, 0.29) is 6.42 Å². The minimum atomic E-state index is -0.768. The summed E-state index contributed by atoms with van der Waals surface area (Å²) in [5.41, 5.74) is 7.21. The average Bonchev–Trinajstić information content (AvgIpc) is 3.17. The van der Waals surface area contributed by atoms with Gasteiger partial charge in [0, 0.05) is 6.42 Å². The Morgan fingerprint density at radius 1 is 1.11 bits per heavy atom. The second-order valence-electron chi connectivity index (χ2n) is 7.32. The van der Waals surface area contributed by atoms with Crippen LogP contribution in [0.15, 0.2) is 42.0 Å². The summed E-state index contributed by atoms with van der Waals surface area (Å²) in [6, 6.07) is 12.2. The van der Waals surface area contributed by atoms with Crippen molar-refractivity contribution in [1.82, 2.24) is 0 Å². The van der Waals surface area contributed by atoms with Crippen LogP contribution in [0.1, 0.15) is 47.9 Å². The number of ether oxygens (including phenoxy) is 2. The van der Waals surface area contributed by atoms with Crippen LogP contribution in [0.2, 0.25) is 0 Å². The number of methoxy groups -OCH3 is 1. The molecule has 0 bridgehead atoms. The first-order valence-electron chi connectivity index (χ1n) is 9.78. The predicted molar refractivity (Wildman–Crippen MR) is 111 cm³/mol. The van der Waals surface area contributed by atoms with Crippen LogP contribution in [0.25, 0.3) is 5.57 Å². The monoisotopic (exact) mass is 380 g/mol. The van der Waals surface area contributed by atoms with E-state index in [9.17, 15) is 4.79 Å². The number of carbonyl (C=O) groups is 1. The van der Waals surface area contributed by atoms with Crippen LogP contribution in [0.3, 0.4) is 0 Å². The first-order chi connectivity index (χ1) is 13.5. The maximum absolute atomic E-state index is 10.8. The number of benzene rings is 2. The van der Waals surface area contributed by atoms with E-state index in [4.69, 9.17) is 14.6 Å². The summed E-state index contributed by atoms with van der Waals surface area (Å²) in [4.78, 5) is 10.8. The molecule has 0 aromatic heterocycles. The maximum atomic E-state index is 10.8. The van der Waals surface area contributed by atoms with Crippen LogP contribution >= 0.6 is 0 Å². The minimum Gasteiger partial charge on any atom is -0.497 e. The van der Waals surface area contributed by atoms with Crippen LogP contribution in [-0.4, -0.2) is 24.8 Å². The fourth-order valence-electron chi connectivity index (χ4n) is 3.81. The lowest BCUT2D eigenvalue weighted by molar-refractivity contribution is -0.136. The summed E-state index contributed by atoms with van der Waals surface area (Å²) in [6.45, 7) is 4.66. The molecule has 2 aromatic carbocycles. The normalized spacial score (nSPS) is 13.7. The van der Waals surface area contributed by atoms with E-state index in [1.54, 1.807) is 7.11 Å². The lowest BCUT2D eigenvalue weighted by Gasteiger charge is -2.16. The first kappa shape index (κ1) is 20.0. The summed E-state index contributed by atoms with van der Waals surface area (Å²) >= 11 is 0. The smallest absolute Gasteiger partial charge is 0.303 e. The highest BCUT2D eigenvalue weighted by atomic mass is 16.5. The van der Waals surface area contributed by atoms with Gasteiger partial charge in [0.1, 0.15) is 18.1 Å². The number of aryl methyl sites for hydroxylation is 1. The summed E-state index contributed by atoms with van der Waals surface area (Å²) in [5, 5.41) is 8.91. The third kappa shape index (κ3) is 4.56. The van der Waals surface area contributed by atoms with Crippen molar-refractivity contribution in [2.24, 2.45) is 0 Å². The van der Waals surface area contributed by atoms with Gasteiger partial charge in [-0.2, -0.15) is 0 Å². The van der Waals surface area contributed by atoms with Crippen molar-refractivity contribution < 1.29 is 19.4 Å². The number of rotatable bonds is 8.